The third kappa shape index (κ3) is 2.69. The summed E-state index contributed by atoms with van der Waals surface area (Å²) in [6.45, 7) is 0.302. The second-order valence-corrected chi connectivity index (χ2v) is 4.43. The molecule has 1 aliphatic rings. The Bertz CT molecular complexity index is 534. The van der Waals surface area contributed by atoms with E-state index in [1.54, 1.807) is 6.08 Å². The maximum absolute atomic E-state index is 13.0. The van der Waals surface area contributed by atoms with Gasteiger partial charge in [-0.1, -0.05) is 24.3 Å². The molecule has 0 bridgehead atoms. The minimum Gasteiger partial charge on any atom is -0.325 e. The average molecular weight is 269 g/mol. The van der Waals surface area contributed by atoms with Gasteiger partial charge < -0.3 is 11.5 Å². The van der Waals surface area contributed by atoms with E-state index in [0.29, 0.717) is 5.71 Å². The molecular weight excluding hydrogens is 255 g/mol. The monoisotopic (exact) mass is 269 g/mol. The van der Waals surface area contributed by atoms with Gasteiger partial charge in [0.1, 0.15) is 0 Å². The van der Waals surface area contributed by atoms with Crippen molar-refractivity contribution >= 4 is 5.71 Å². The van der Waals surface area contributed by atoms with Crippen LogP contribution in [0.3, 0.4) is 0 Å². The number of hydrogen-bond donors (Lipinski definition) is 2. The molecule has 0 aromatic heterocycles. The van der Waals surface area contributed by atoms with Crippen LogP contribution < -0.4 is 11.5 Å². The molecule has 0 saturated heterocycles. The molecule has 102 valence electrons. The normalized spacial score (nSPS) is 23.3. The summed E-state index contributed by atoms with van der Waals surface area (Å²) in [5.41, 5.74) is 10.2. The quantitative estimate of drug-likeness (QED) is 0.860. The van der Waals surface area contributed by atoms with Crippen LogP contribution in [0.4, 0.5) is 13.2 Å². The minimum absolute atomic E-state index is 0.0265. The van der Waals surface area contributed by atoms with Crippen molar-refractivity contribution in [2.45, 2.75) is 11.7 Å². The highest BCUT2D eigenvalue weighted by atomic mass is 19.4. The van der Waals surface area contributed by atoms with Crippen LogP contribution in [-0.4, -0.2) is 18.8 Å². The lowest BCUT2D eigenvalue weighted by atomic mass is 9.85. The molecule has 1 heterocycles. The molecule has 1 atom stereocenters. The van der Waals surface area contributed by atoms with E-state index in [-0.39, 0.29) is 18.7 Å². The van der Waals surface area contributed by atoms with Gasteiger partial charge in [0, 0.05) is 12.3 Å². The fourth-order valence-corrected chi connectivity index (χ4v) is 2.03. The number of rotatable bonds is 2. The van der Waals surface area contributed by atoms with E-state index < -0.39 is 17.3 Å². The fraction of sp³-hybridized carbons (Fsp3) is 0.308. The van der Waals surface area contributed by atoms with Gasteiger partial charge in [-0.25, -0.2) is 0 Å². The SMILES string of the molecule is NCC1=NCC(N)(c2ccccc2C(F)(F)F)C=C1. The number of aliphatic imine (C=N–C) groups is 1. The number of nitrogens with zero attached hydrogens (tertiary/aromatic N) is 1. The average Bonchev–Trinajstić information content (AvgIpc) is 2.39. The molecule has 3 nitrogen and oxygen atoms in total. The van der Waals surface area contributed by atoms with Gasteiger partial charge in [0.2, 0.25) is 0 Å². The third-order valence-electron chi connectivity index (χ3n) is 3.06. The van der Waals surface area contributed by atoms with Crippen LogP contribution in [0.1, 0.15) is 11.1 Å². The van der Waals surface area contributed by atoms with E-state index in [1.165, 1.54) is 24.3 Å². The lowest BCUT2D eigenvalue weighted by molar-refractivity contribution is -0.138. The highest BCUT2D eigenvalue weighted by Gasteiger charge is 2.39. The maximum atomic E-state index is 13.0. The van der Waals surface area contributed by atoms with Gasteiger partial charge in [-0.2, -0.15) is 13.2 Å². The van der Waals surface area contributed by atoms with Crippen LogP contribution >= 0.6 is 0 Å². The molecular formula is C13H14F3N3. The second-order valence-electron chi connectivity index (χ2n) is 4.43. The fourth-order valence-electron chi connectivity index (χ4n) is 2.03. The summed E-state index contributed by atoms with van der Waals surface area (Å²) in [5, 5.41) is 0. The van der Waals surface area contributed by atoms with E-state index >= 15 is 0 Å². The van der Waals surface area contributed by atoms with Gasteiger partial charge in [-0.3, -0.25) is 4.99 Å². The summed E-state index contributed by atoms with van der Waals surface area (Å²) >= 11 is 0. The molecule has 0 radical (unpaired) electrons. The van der Waals surface area contributed by atoms with Gasteiger partial charge >= 0.3 is 6.18 Å². The first kappa shape index (κ1) is 13.8. The van der Waals surface area contributed by atoms with Crippen LogP contribution in [-0.2, 0) is 11.7 Å². The van der Waals surface area contributed by atoms with Crippen LogP contribution in [0.2, 0.25) is 0 Å². The Balaban J connectivity index is 2.44. The predicted molar refractivity (Wildman–Crippen MR) is 67.8 cm³/mol. The van der Waals surface area contributed by atoms with E-state index in [4.69, 9.17) is 11.5 Å². The van der Waals surface area contributed by atoms with Crippen LogP contribution in [0.15, 0.2) is 41.4 Å². The van der Waals surface area contributed by atoms with Crippen molar-refractivity contribution < 1.29 is 13.2 Å². The summed E-state index contributed by atoms with van der Waals surface area (Å²) in [5.74, 6) is 0. The highest BCUT2D eigenvalue weighted by molar-refractivity contribution is 5.97. The number of benzene rings is 1. The van der Waals surface area contributed by atoms with Crippen molar-refractivity contribution in [3.05, 3.63) is 47.5 Å². The molecule has 4 N–H and O–H groups in total. The van der Waals surface area contributed by atoms with Crippen molar-refractivity contribution in [2.75, 3.05) is 13.1 Å². The van der Waals surface area contributed by atoms with Gasteiger partial charge in [-0.15, -0.1) is 0 Å². The lowest BCUT2D eigenvalue weighted by Gasteiger charge is -2.30. The van der Waals surface area contributed by atoms with Crippen molar-refractivity contribution in [3.63, 3.8) is 0 Å². The largest absolute Gasteiger partial charge is 0.416 e. The van der Waals surface area contributed by atoms with Crippen molar-refractivity contribution in [1.82, 2.24) is 0 Å². The number of hydrogen-bond acceptors (Lipinski definition) is 3. The molecule has 1 aliphatic heterocycles. The Morgan fingerprint density at radius 1 is 1.26 bits per heavy atom. The molecule has 1 aromatic rings. The summed E-state index contributed by atoms with van der Waals surface area (Å²) in [4.78, 5) is 4.11. The molecule has 1 unspecified atom stereocenters. The standard InChI is InChI=1S/C13H14F3N3/c14-13(15,16)11-4-2-1-3-10(11)12(18)6-5-9(7-17)19-8-12/h1-6H,7-8,17-18H2. The van der Waals surface area contributed by atoms with Crippen molar-refractivity contribution in [3.8, 4) is 0 Å². The maximum Gasteiger partial charge on any atom is 0.416 e. The van der Waals surface area contributed by atoms with Crippen LogP contribution in [0.25, 0.3) is 0 Å². The highest BCUT2D eigenvalue weighted by Crippen LogP contribution is 2.37. The zero-order valence-corrected chi connectivity index (χ0v) is 10.1. The predicted octanol–water partition coefficient (Wildman–Crippen LogP) is 1.83. The Hall–Kier alpha value is -1.66. The van der Waals surface area contributed by atoms with E-state index in [0.717, 1.165) is 6.07 Å². The summed E-state index contributed by atoms with van der Waals surface area (Å²) in [6.07, 6.45) is -1.32. The number of alkyl halides is 3. The summed E-state index contributed by atoms with van der Waals surface area (Å²) in [7, 11) is 0. The minimum atomic E-state index is -4.44. The molecule has 1 aromatic carbocycles. The Morgan fingerprint density at radius 2 is 1.95 bits per heavy atom. The van der Waals surface area contributed by atoms with Crippen molar-refractivity contribution in [2.24, 2.45) is 16.5 Å². The molecule has 0 saturated carbocycles. The Labute approximate surface area is 108 Å². The molecule has 0 aliphatic carbocycles. The van der Waals surface area contributed by atoms with Crippen LogP contribution in [0, 0.1) is 0 Å². The first-order valence-electron chi connectivity index (χ1n) is 5.75. The third-order valence-corrected chi connectivity index (χ3v) is 3.06. The van der Waals surface area contributed by atoms with E-state index in [9.17, 15) is 13.2 Å². The first-order chi connectivity index (χ1) is 8.87. The molecule has 0 spiro atoms. The number of dihydropyridines is 1. The first-order valence-corrected chi connectivity index (χ1v) is 5.75. The zero-order valence-electron chi connectivity index (χ0n) is 10.1. The zero-order chi connectivity index (χ0) is 14.1. The van der Waals surface area contributed by atoms with E-state index in [1.807, 2.05) is 0 Å². The smallest absolute Gasteiger partial charge is 0.325 e. The molecule has 19 heavy (non-hydrogen) atoms. The Kier molecular flexibility index (Phi) is 3.47. The van der Waals surface area contributed by atoms with Gasteiger partial charge in [0.25, 0.3) is 0 Å². The Morgan fingerprint density at radius 3 is 2.47 bits per heavy atom. The number of nitrogens with two attached hydrogens (primary N) is 2. The molecule has 0 fully saturated rings. The van der Waals surface area contributed by atoms with Gasteiger partial charge in [0.05, 0.1) is 17.6 Å². The summed E-state index contributed by atoms with van der Waals surface area (Å²) < 4.78 is 38.9. The molecule has 6 heteroatoms. The number of halogens is 3. The second kappa shape index (κ2) is 4.79. The lowest BCUT2D eigenvalue weighted by Crippen LogP contribution is -2.42. The van der Waals surface area contributed by atoms with Gasteiger partial charge in [-0.05, 0) is 17.7 Å². The van der Waals surface area contributed by atoms with Crippen molar-refractivity contribution in [1.29, 1.82) is 0 Å². The van der Waals surface area contributed by atoms with Gasteiger partial charge in [0.15, 0.2) is 0 Å². The topological polar surface area (TPSA) is 64.4 Å². The van der Waals surface area contributed by atoms with Crippen LogP contribution in [0.5, 0.6) is 0 Å². The molecule has 2 rings (SSSR count). The molecule has 0 amide bonds. The summed E-state index contributed by atoms with van der Waals surface area (Å²) in [6, 6.07) is 5.29. The van der Waals surface area contributed by atoms with E-state index in [2.05, 4.69) is 4.99 Å².